The van der Waals surface area contributed by atoms with E-state index in [-0.39, 0.29) is 18.1 Å². The van der Waals surface area contributed by atoms with E-state index >= 15 is 0 Å². The minimum atomic E-state index is -4.42. The second-order valence-electron chi connectivity index (χ2n) is 9.97. The number of thioether (sulfide) groups is 1. The molecule has 1 saturated heterocycles. The number of aromatic nitrogens is 2. The first-order valence-electron chi connectivity index (χ1n) is 13.0. The van der Waals surface area contributed by atoms with E-state index in [1.807, 2.05) is 31.3 Å². The van der Waals surface area contributed by atoms with Crippen LogP contribution in [0.4, 0.5) is 13.2 Å². The summed E-state index contributed by atoms with van der Waals surface area (Å²) in [5.41, 5.74) is 1.48. The maximum absolute atomic E-state index is 13.1. The number of piperidine rings is 1. The first kappa shape index (κ1) is 28.5. The minimum absolute atomic E-state index is 0.0199. The number of nitrogens with zero attached hydrogens (tertiary/aromatic N) is 3. The Hall–Kier alpha value is -1.99. The van der Waals surface area contributed by atoms with Crippen LogP contribution in [0.25, 0.3) is 0 Å². The number of amides is 1. The summed E-state index contributed by atoms with van der Waals surface area (Å²) >= 11 is 3.93. The van der Waals surface area contributed by atoms with Crippen LogP contribution in [0.3, 0.4) is 0 Å². The standard InChI is InChI=1S/C27H31F3N4O2S3/c1-4-37-20-6-5-19(31-14-20)13-32-24(35)21-12-18-11-16(2)36-26(23(18)38-21)7-9-34(10-8-26)17(3)22-15-33-25(39-22)27(28,29)30/h5-6,12,14-17H,4,7-11,13H2,1-3H3,(H,32,35)/t16-,17?/m1/s1. The number of halogens is 3. The van der Waals surface area contributed by atoms with E-state index in [1.54, 1.807) is 11.8 Å². The molecule has 39 heavy (non-hydrogen) atoms. The molecule has 3 aromatic heterocycles. The predicted octanol–water partition coefficient (Wildman–Crippen LogP) is 6.67. The van der Waals surface area contributed by atoms with E-state index < -0.39 is 16.8 Å². The lowest BCUT2D eigenvalue weighted by atomic mass is 9.83. The van der Waals surface area contributed by atoms with Crippen molar-refractivity contribution >= 4 is 40.3 Å². The van der Waals surface area contributed by atoms with Gasteiger partial charge in [0.1, 0.15) is 5.60 Å². The molecular formula is C27H31F3N4O2S3. The molecule has 2 aliphatic rings. The summed E-state index contributed by atoms with van der Waals surface area (Å²) in [6.07, 6.45) is 0.958. The highest BCUT2D eigenvalue weighted by Gasteiger charge is 2.45. The van der Waals surface area contributed by atoms with Gasteiger partial charge >= 0.3 is 6.18 Å². The predicted molar refractivity (Wildman–Crippen MR) is 148 cm³/mol. The van der Waals surface area contributed by atoms with Crippen LogP contribution in [0.15, 0.2) is 35.5 Å². The number of nitrogens with one attached hydrogen (secondary N) is 1. The Kier molecular flexibility index (Phi) is 8.40. The Morgan fingerprint density at radius 1 is 1.26 bits per heavy atom. The number of rotatable bonds is 7. The summed E-state index contributed by atoms with van der Waals surface area (Å²) in [6, 6.07) is 5.79. The first-order chi connectivity index (χ1) is 18.6. The van der Waals surface area contributed by atoms with E-state index in [4.69, 9.17) is 4.74 Å². The van der Waals surface area contributed by atoms with Crippen molar-refractivity contribution in [3.8, 4) is 0 Å². The van der Waals surface area contributed by atoms with Crippen LogP contribution in [0.2, 0.25) is 0 Å². The molecule has 210 valence electrons. The first-order valence-corrected chi connectivity index (χ1v) is 15.6. The van der Waals surface area contributed by atoms with Crippen molar-refractivity contribution in [2.24, 2.45) is 0 Å². The molecule has 2 aliphatic heterocycles. The summed E-state index contributed by atoms with van der Waals surface area (Å²) < 4.78 is 45.7. The number of ether oxygens (including phenoxy) is 1. The molecule has 1 fully saturated rings. The van der Waals surface area contributed by atoms with Gasteiger partial charge in [0.25, 0.3) is 5.91 Å². The molecule has 0 aliphatic carbocycles. The maximum Gasteiger partial charge on any atom is 0.443 e. The van der Waals surface area contributed by atoms with Crippen molar-refractivity contribution in [2.45, 2.75) is 75.4 Å². The molecule has 2 atom stereocenters. The molecule has 0 saturated carbocycles. The molecule has 0 radical (unpaired) electrons. The second-order valence-corrected chi connectivity index (χ2v) is 13.4. The molecule has 5 rings (SSSR count). The van der Waals surface area contributed by atoms with Crippen LogP contribution in [0.5, 0.6) is 0 Å². The third kappa shape index (κ3) is 6.19. The largest absolute Gasteiger partial charge is 0.443 e. The lowest BCUT2D eigenvalue weighted by molar-refractivity contribution is -0.137. The van der Waals surface area contributed by atoms with Gasteiger partial charge < -0.3 is 10.1 Å². The molecule has 1 amide bonds. The Morgan fingerprint density at radius 3 is 2.67 bits per heavy atom. The number of alkyl halides is 3. The van der Waals surface area contributed by atoms with Crippen LogP contribution in [0.1, 0.15) is 75.3 Å². The van der Waals surface area contributed by atoms with Crippen molar-refractivity contribution in [1.29, 1.82) is 0 Å². The van der Waals surface area contributed by atoms with Crippen molar-refractivity contribution in [3.63, 3.8) is 0 Å². The van der Waals surface area contributed by atoms with Crippen molar-refractivity contribution < 1.29 is 22.7 Å². The number of thiophene rings is 1. The van der Waals surface area contributed by atoms with Crippen molar-refractivity contribution in [1.82, 2.24) is 20.2 Å². The van der Waals surface area contributed by atoms with Gasteiger partial charge in [-0.2, -0.15) is 13.2 Å². The number of hydrogen-bond donors (Lipinski definition) is 1. The van der Waals surface area contributed by atoms with Gasteiger partial charge in [-0.15, -0.1) is 34.4 Å². The van der Waals surface area contributed by atoms with Gasteiger partial charge in [-0.3, -0.25) is 14.7 Å². The lowest BCUT2D eigenvalue weighted by Gasteiger charge is -2.46. The molecular weight excluding hydrogens is 566 g/mol. The fourth-order valence-electron chi connectivity index (χ4n) is 5.30. The fourth-order valence-corrected chi connectivity index (χ4v) is 8.09. The van der Waals surface area contributed by atoms with Crippen LogP contribution >= 0.6 is 34.4 Å². The highest BCUT2D eigenvalue weighted by molar-refractivity contribution is 7.99. The van der Waals surface area contributed by atoms with E-state index in [9.17, 15) is 18.0 Å². The molecule has 5 heterocycles. The zero-order valence-electron chi connectivity index (χ0n) is 22.0. The average molecular weight is 597 g/mol. The van der Waals surface area contributed by atoms with Gasteiger partial charge in [-0.25, -0.2) is 4.98 Å². The van der Waals surface area contributed by atoms with E-state index in [2.05, 4.69) is 34.0 Å². The second kappa shape index (κ2) is 11.5. The molecule has 12 heteroatoms. The number of carbonyl (C=O) groups excluding carboxylic acids is 1. The Morgan fingerprint density at radius 2 is 2.03 bits per heavy atom. The molecule has 1 N–H and O–H groups in total. The normalized spacial score (nSPS) is 20.1. The summed E-state index contributed by atoms with van der Waals surface area (Å²) in [5, 5.41) is 2.19. The van der Waals surface area contributed by atoms with Crippen LogP contribution in [-0.4, -0.2) is 45.7 Å². The topological polar surface area (TPSA) is 67.4 Å². The zero-order chi connectivity index (χ0) is 27.8. The SMILES string of the molecule is CCSc1ccc(CNC(=O)c2cc3c(s2)C2(CCN(C(C)c4cnc(C(F)(F)F)s4)CC2)O[C@H](C)C3)nc1. The summed E-state index contributed by atoms with van der Waals surface area (Å²) in [5.74, 6) is 0.860. The van der Waals surface area contributed by atoms with Gasteiger partial charge in [-0.1, -0.05) is 6.92 Å². The Bertz CT molecular complexity index is 1300. The molecule has 0 aromatic carbocycles. The Labute approximate surface area is 238 Å². The number of thiazole rings is 1. The number of hydrogen-bond acceptors (Lipinski definition) is 8. The molecule has 3 aromatic rings. The van der Waals surface area contributed by atoms with Gasteiger partial charge in [0, 0.05) is 46.2 Å². The van der Waals surface area contributed by atoms with E-state index in [0.717, 1.165) is 33.2 Å². The van der Waals surface area contributed by atoms with Crippen LogP contribution in [-0.2, 0) is 29.5 Å². The quantitative estimate of drug-likeness (QED) is 0.307. The van der Waals surface area contributed by atoms with E-state index in [0.29, 0.717) is 53.6 Å². The third-order valence-corrected chi connectivity index (χ3v) is 10.7. The molecule has 0 bridgehead atoms. The zero-order valence-corrected chi connectivity index (χ0v) is 24.5. The molecule has 1 unspecified atom stereocenters. The monoisotopic (exact) mass is 596 g/mol. The highest BCUT2D eigenvalue weighted by atomic mass is 32.2. The Balaban J connectivity index is 1.25. The summed E-state index contributed by atoms with van der Waals surface area (Å²) in [4.78, 5) is 26.8. The lowest BCUT2D eigenvalue weighted by Crippen LogP contribution is -2.48. The summed E-state index contributed by atoms with van der Waals surface area (Å²) in [6.45, 7) is 7.81. The average Bonchev–Trinajstić information content (AvgIpc) is 3.57. The van der Waals surface area contributed by atoms with Gasteiger partial charge in [0.2, 0.25) is 0 Å². The number of pyridine rings is 1. The van der Waals surface area contributed by atoms with Crippen molar-refractivity contribution in [3.05, 3.63) is 61.5 Å². The number of likely N-dealkylation sites (tertiary alicyclic amines) is 1. The molecule has 6 nitrogen and oxygen atoms in total. The smallest absolute Gasteiger partial charge is 0.366 e. The van der Waals surface area contributed by atoms with Gasteiger partial charge in [0.05, 0.1) is 23.2 Å². The number of carbonyl (C=O) groups is 1. The maximum atomic E-state index is 13.1. The van der Waals surface area contributed by atoms with Gasteiger partial charge in [-0.05, 0) is 62.6 Å². The van der Waals surface area contributed by atoms with Crippen LogP contribution < -0.4 is 5.32 Å². The van der Waals surface area contributed by atoms with E-state index in [1.165, 1.54) is 17.5 Å². The van der Waals surface area contributed by atoms with Crippen molar-refractivity contribution in [2.75, 3.05) is 18.8 Å². The summed E-state index contributed by atoms with van der Waals surface area (Å²) in [7, 11) is 0. The van der Waals surface area contributed by atoms with Gasteiger partial charge in [0.15, 0.2) is 5.01 Å². The fraction of sp³-hybridized carbons (Fsp3) is 0.519. The molecule has 1 spiro atoms. The third-order valence-electron chi connectivity index (χ3n) is 7.25. The minimum Gasteiger partial charge on any atom is -0.366 e. The van der Waals surface area contributed by atoms with Crippen LogP contribution in [0, 0.1) is 0 Å². The highest BCUT2D eigenvalue weighted by Crippen LogP contribution is 2.48. The number of fused-ring (bicyclic) bond motifs is 2.